The predicted octanol–water partition coefficient (Wildman–Crippen LogP) is 13.0. The second-order valence-corrected chi connectivity index (χ2v) is 14.8. The lowest BCUT2D eigenvalue weighted by atomic mass is 10.00. The summed E-state index contributed by atoms with van der Waals surface area (Å²) in [5.74, 6) is 1.90. The number of benzene rings is 8. The monoisotopic (exact) mass is 706 g/mol. The van der Waals surface area contributed by atoms with E-state index in [-0.39, 0.29) is 0 Å². The minimum absolute atomic E-state index is 0.951. The fourth-order valence-corrected chi connectivity index (χ4v) is 9.30. The molecule has 0 amide bonds. The number of fused-ring (bicyclic) bond motifs is 6. The summed E-state index contributed by atoms with van der Waals surface area (Å²) >= 11 is 1.88. The van der Waals surface area contributed by atoms with Gasteiger partial charge in [-0.2, -0.15) is 4.58 Å². The second-order valence-electron chi connectivity index (χ2n) is 13.8. The van der Waals surface area contributed by atoms with E-state index in [0.29, 0.717) is 0 Å². The van der Waals surface area contributed by atoms with Gasteiger partial charge in [0.2, 0.25) is 0 Å². The van der Waals surface area contributed by atoms with E-state index >= 15 is 0 Å². The molecular formula is C50H32N3S+. The molecule has 0 fully saturated rings. The molecule has 2 aromatic heterocycles. The van der Waals surface area contributed by atoms with E-state index in [2.05, 4.69) is 191 Å². The lowest BCUT2D eigenvalue weighted by Gasteiger charge is -2.19. The smallest absolute Gasteiger partial charge is 0.279 e. The molecule has 0 saturated carbocycles. The predicted molar refractivity (Wildman–Crippen MR) is 228 cm³/mol. The lowest BCUT2D eigenvalue weighted by molar-refractivity contribution is -0.319. The van der Waals surface area contributed by atoms with Crippen LogP contribution < -0.4 is 0 Å². The van der Waals surface area contributed by atoms with Crippen molar-refractivity contribution < 1.29 is 4.58 Å². The molecule has 0 unspecified atom stereocenters. The van der Waals surface area contributed by atoms with Crippen LogP contribution >= 0.6 is 11.3 Å². The van der Waals surface area contributed by atoms with E-state index in [0.717, 1.165) is 34.2 Å². The minimum Gasteiger partial charge on any atom is -0.309 e. The Morgan fingerprint density at radius 3 is 1.87 bits per heavy atom. The number of hydrogen-bond donors (Lipinski definition) is 0. The molecular weight excluding hydrogens is 675 g/mol. The molecule has 0 bridgehead atoms. The molecule has 0 aliphatic carbocycles. The first-order valence-corrected chi connectivity index (χ1v) is 19.1. The SMILES string of the molecule is c1ccc(C2=NC(c3ccccc3)=[N+]2c2ccc(-n3c4ccc(-c5ccccc5)cc4c4ccc(-c5cccc6c5sc5ccccc56)cc43)cc2)cc1. The van der Waals surface area contributed by atoms with Crippen LogP contribution in [-0.4, -0.2) is 20.8 Å². The molecule has 0 N–H and O–H groups in total. The normalized spacial score (nSPS) is 12.9. The Kier molecular flexibility index (Phi) is 7.04. The summed E-state index contributed by atoms with van der Waals surface area (Å²) in [6.07, 6.45) is 0. The van der Waals surface area contributed by atoms with Crippen LogP contribution in [0.1, 0.15) is 11.1 Å². The zero-order chi connectivity index (χ0) is 35.6. The highest BCUT2D eigenvalue weighted by Crippen LogP contribution is 2.42. The van der Waals surface area contributed by atoms with Crippen LogP contribution in [0.5, 0.6) is 0 Å². The van der Waals surface area contributed by atoms with Gasteiger partial charge in [-0.15, -0.1) is 11.3 Å². The number of amidine groups is 2. The van der Waals surface area contributed by atoms with Crippen molar-refractivity contribution in [2.45, 2.75) is 0 Å². The van der Waals surface area contributed by atoms with Crippen LogP contribution in [0.15, 0.2) is 199 Å². The Balaban J connectivity index is 1.09. The summed E-state index contributed by atoms with van der Waals surface area (Å²) in [4.78, 5) is 5.04. The molecule has 0 radical (unpaired) electrons. The Hall–Kier alpha value is -6.88. The number of aromatic nitrogens is 1. The van der Waals surface area contributed by atoms with Crippen molar-refractivity contribution in [1.82, 2.24) is 4.57 Å². The first-order valence-electron chi connectivity index (χ1n) is 18.3. The first kappa shape index (κ1) is 30.7. The maximum atomic E-state index is 5.04. The molecule has 0 saturated heterocycles. The summed E-state index contributed by atoms with van der Waals surface area (Å²) in [6, 6.07) is 69.9. The van der Waals surface area contributed by atoms with Crippen molar-refractivity contribution in [3.8, 4) is 27.9 Å². The van der Waals surface area contributed by atoms with E-state index in [1.807, 2.05) is 23.5 Å². The average Bonchev–Trinajstić information content (AvgIpc) is 3.77. The number of rotatable bonds is 6. The minimum atomic E-state index is 0.951. The molecule has 1 aliphatic heterocycles. The highest BCUT2D eigenvalue weighted by molar-refractivity contribution is 7.26. The van der Waals surface area contributed by atoms with Crippen molar-refractivity contribution in [3.05, 3.63) is 205 Å². The number of nitrogens with zero attached hydrogens (tertiary/aromatic N) is 3. The van der Waals surface area contributed by atoms with Crippen molar-refractivity contribution >= 4 is 70.7 Å². The van der Waals surface area contributed by atoms with Gasteiger partial charge in [0, 0.05) is 36.6 Å². The van der Waals surface area contributed by atoms with Gasteiger partial charge in [0.05, 0.1) is 22.2 Å². The molecule has 252 valence electrons. The van der Waals surface area contributed by atoms with Crippen LogP contribution in [0, 0.1) is 0 Å². The Labute approximate surface area is 316 Å². The van der Waals surface area contributed by atoms with Crippen molar-refractivity contribution in [2.24, 2.45) is 4.99 Å². The number of aliphatic imine (C=N–C) groups is 1. The van der Waals surface area contributed by atoms with E-state index in [1.165, 1.54) is 64.2 Å². The maximum absolute atomic E-state index is 5.04. The zero-order valence-electron chi connectivity index (χ0n) is 29.2. The van der Waals surface area contributed by atoms with Gasteiger partial charge >= 0.3 is 0 Å². The van der Waals surface area contributed by atoms with Gasteiger partial charge in [-0.3, -0.25) is 0 Å². The Morgan fingerprint density at radius 1 is 0.426 bits per heavy atom. The first-order chi connectivity index (χ1) is 26.8. The maximum Gasteiger partial charge on any atom is 0.279 e. The molecule has 3 heterocycles. The summed E-state index contributed by atoms with van der Waals surface area (Å²) in [6.45, 7) is 0. The molecule has 0 atom stereocenters. The van der Waals surface area contributed by atoms with Crippen LogP contribution in [0.25, 0.3) is 69.9 Å². The second kappa shape index (κ2) is 12.4. The van der Waals surface area contributed by atoms with E-state index < -0.39 is 0 Å². The van der Waals surface area contributed by atoms with Gasteiger partial charge in [0.15, 0.2) is 0 Å². The van der Waals surface area contributed by atoms with E-state index in [1.54, 1.807) is 0 Å². The number of hydrogen-bond acceptors (Lipinski definition) is 2. The molecule has 0 spiro atoms. The summed E-state index contributed by atoms with van der Waals surface area (Å²) in [5, 5.41) is 5.11. The molecule has 54 heavy (non-hydrogen) atoms. The standard InChI is InChI=1S/C50H32N3S/c1-4-13-33(14-5-1)36-24-30-45-44(31-36)41-29-23-37(40-20-12-21-43-42-19-10-11-22-47(42)54-48(40)43)32-46(41)52(45)38-25-27-39(28-26-38)53-49(34-15-6-2-7-16-34)51-50(53)35-17-8-3-9-18-35/h1-32H/q+1. The fraction of sp³-hybridized carbons (Fsp3) is 0. The van der Waals surface area contributed by atoms with Crippen molar-refractivity contribution in [2.75, 3.05) is 0 Å². The van der Waals surface area contributed by atoms with E-state index in [4.69, 9.17) is 4.99 Å². The lowest BCUT2D eigenvalue weighted by Crippen LogP contribution is -2.34. The van der Waals surface area contributed by atoms with Crippen LogP contribution in [-0.2, 0) is 0 Å². The van der Waals surface area contributed by atoms with Crippen molar-refractivity contribution in [1.29, 1.82) is 0 Å². The van der Waals surface area contributed by atoms with Gasteiger partial charge in [-0.1, -0.05) is 126 Å². The van der Waals surface area contributed by atoms with Gasteiger partial charge in [-0.05, 0) is 95.1 Å². The molecule has 1 aliphatic rings. The highest BCUT2D eigenvalue weighted by atomic mass is 32.1. The summed E-state index contributed by atoms with van der Waals surface area (Å²) in [7, 11) is 0. The third-order valence-corrected chi connectivity index (χ3v) is 11.9. The molecule has 3 nitrogen and oxygen atoms in total. The average molecular weight is 707 g/mol. The van der Waals surface area contributed by atoms with Crippen molar-refractivity contribution in [3.63, 3.8) is 0 Å². The Morgan fingerprint density at radius 2 is 1.09 bits per heavy atom. The molecule has 10 aromatic rings. The van der Waals surface area contributed by atoms with Crippen LogP contribution in [0.4, 0.5) is 5.69 Å². The molecule has 11 rings (SSSR count). The Bertz CT molecular complexity index is 3120. The van der Waals surface area contributed by atoms with Crippen LogP contribution in [0.3, 0.4) is 0 Å². The molecule has 4 heteroatoms. The largest absolute Gasteiger partial charge is 0.309 e. The van der Waals surface area contributed by atoms with E-state index in [9.17, 15) is 0 Å². The van der Waals surface area contributed by atoms with Crippen LogP contribution in [0.2, 0.25) is 0 Å². The van der Waals surface area contributed by atoms with Gasteiger partial charge in [0.1, 0.15) is 5.69 Å². The number of thiophene rings is 1. The zero-order valence-corrected chi connectivity index (χ0v) is 30.0. The van der Waals surface area contributed by atoms with Gasteiger partial charge < -0.3 is 4.57 Å². The highest BCUT2D eigenvalue weighted by Gasteiger charge is 2.33. The van der Waals surface area contributed by atoms with Gasteiger partial charge in [-0.25, -0.2) is 0 Å². The fourth-order valence-electron chi connectivity index (χ4n) is 8.06. The summed E-state index contributed by atoms with van der Waals surface area (Å²) in [5.41, 5.74) is 11.7. The molecule has 8 aromatic carbocycles. The quantitative estimate of drug-likeness (QED) is 0.153. The topological polar surface area (TPSA) is 20.3 Å². The third-order valence-electron chi connectivity index (χ3n) is 10.7. The van der Waals surface area contributed by atoms with Gasteiger partial charge in [0.25, 0.3) is 11.7 Å². The third kappa shape index (κ3) is 4.88. The summed E-state index contributed by atoms with van der Waals surface area (Å²) < 4.78 is 7.35.